The van der Waals surface area contributed by atoms with E-state index in [1.54, 1.807) is 6.92 Å². The molecule has 2 N–H and O–H groups in total. The van der Waals surface area contributed by atoms with Crippen LogP contribution in [-0.4, -0.2) is 36.5 Å². The maximum atomic E-state index is 13.0. The number of rotatable bonds is 6. The molecule has 6 heteroatoms. The Morgan fingerprint density at radius 1 is 0.929 bits per heavy atom. The highest BCUT2D eigenvalue weighted by atomic mass is 16.5. The standard InChI is InChI=1S/C22H34N2O4/c1-2-28-20(27)22(6-4-3-5-7-22)24-18(25)14-23-19(26)21-11-15-8-16(12-21)10-17(9-15)13-21/h15-17H,2-14H2,1H3,(H,23,26)(H,24,25). The lowest BCUT2D eigenvalue weighted by molar-refractivity contribution is -0.155. The van der Waals surface area contributed by atoms with Crippen molar-refractivity contribution in [1.29, 1.82) is 0 Å². The summed E-state index contributed by atoms with van der Waals surface area (Å²) in [7, 11) is 0. The average molecular weight is 391 g/mol. The zero-order chi connectivity index (χ0) is 19.8. The topological polar surface area (TPSA) is 84.5 Å². The number of carbonyl (C=O) groups is 3. The Morgan fingerprint density at radius 2 is 1.50 bits per heavy atom. The van der Waals surface area contributed by atoms with Gasteiger partial charge < -0.3 is 15.4 Å². The van der Waals surface area contributed by atoms with Crippen LogP contribution in [0.3, 0.4) is 0 Å². The SMILES string of the molecule is CCOC(=O)C1(NC(=O)CNC(=O)C23CC4CC(CC(C4)C2)C3)CCCCC1. The Hall–Kier alpha value is -1.59. The predicted octanol–water partition coefficient (Wildman–Crippen LogP) is 2.70. The third kappa shape index (κ3) is 3.67. The van der Waals surface area contributed by atoms with E-state index in [2.05, 4.69) is 10.6 Å². The lowest BCUT2D eigenvalue weighted by Crippen LogP contribution is -2.59. The van der Waals surface area contributed by atoms with E-state index in [-0.39, 0.29) is 29.7 Å². The Balaban J connectivity index is 1.34. The predicted molar refractivity (Wildman–Crippen MR) is 104 cm³/mol. The van der Waals surface area contributed by atoms with E-state index in [1.165, 1.54) is 19.3 Å². The molecule has 0 spiro atoms. The smallest absolute Gasteiger partial charge is 0.331 e. The summed E-state index contributed by atoms with van der Waals surface area (Å²) in [5.41, 5.74) is -1.17. The van der Waals surface area contributed by atoms with Gasteiger partial charge in [0.1, 0.15) is 5.54 Å². The second-order valence-electron chi connectivity index (χ2n) is 9.79. The van der Waals surface area contributed by atoms with E-state index in [0.29, 0.717) is 37.2 Å². The van der Waals surface area contributed by atoms with E-state index in [0.717, 1.165) is 38.5 Å². The summed E-state index contributed by atoms with van der Waals surface area (Å²) in [5, 5.41) is 5.83. The number of hydrogen-bond acceptors (Lipinski definition) is 4. The summed E-state index contributed by atoms with van der Waals surface area (Å²) in [6.07, 6.45) is 10.9. The lowest BCUT2D eigenvalue weighted by Gasteiger charge is -2.55. The molecule has 0 aromatic rings. The Labute approximate surface area is 167 Å². The normalized spacial score (nSPS) is 35.2. The highest BCUT2D eigenvalue weighted by Crippen LogP contribution is 2.60. The van der Waals surface area contributed by atoms with Gasteiger partial charge >= 0.3 is 5.97 Å². The third-order valence-corrected chi connectivity index (χ3v) is 7.68. The Kier molecular flexibility index (Phi) is 5.41. The molecule has 0 radical (unpaired) electrons. The van der Waals surface area contributed by atoms with Crippen molar-refractivity contribution in [3.8, 4) is 0 Å². The van der Waals surface area contributed by atoms with Gasteiger partial charge in [0.05, 0.1) is 13.2 Å². The van der Waals surface area contributed by atoms with Crippen LogP contribution in [0, 0.1) is 23.2 Å². The first-order valence-corrected chi connectivity index (χ1v) is 11.2. The van der Waals surface area contributed by atoms with E-state index in [4.69, 9.17) is 4.74 Å². The quantitative estimate of drug-likeness (QED) is 0.683. The molecule has 5 aliphatic carbocycles. The van der Waals surface area contributed by atoms with E-state index in [9.17, 15) is 14.4 Å². The highest BCUT2D eigenvalue weighted by Gasteiger charge is 2.54. The zero-order valence-corrected chi connectivity index (χ0v) is 17.1. The summed E-state index contributed by atoms with van der Waals surface area (Å²) in [5.74, 6) is 1.51. The average Bonchev–Trinajstić information content (AvgIpc) is 2.66. The van der Waals surface area contributed by atoms with Crippen molar-refractivity contribution < 1.29 is 19.1 Å². The Bertz CT molecular complexity index is 603. The minimum Gasteiger partial charge on any atom is -0.464 e. The van der Waals surface area contributed by atoms with E-state index in [1.807, 2.05) is 0 Å². The monoisotopic (exact) mass is 390 g/mol. The van der Waals surface area contributed by atoms with Gasteiger partial charge in [-0.05, 0) is 76.0 Å². The fourth-order valence-corrected chi connectivity index (χ4v) is 6.85. The molecule has 5 rings (SSSR count). The van der Waals surface area contributed by atoms with Gasteiger partial charge in [0.2, 0.25) is 11.8 Å². The first-order chi connectivity index (χ1) is 13.4. The van der Waals surface area contributed by atoms with Gasteiger partial charge in [0.25, 0.3) is 0 Å². The molecule has 0 unspecified atom stereocenters. The maximum absolute atomic E-state index is 13.0. The summed E-state index contributed by atoms with van der Waals surface area (Å²) in [6, 6.07) is 0. The van der Waals surface area contributed by atoms with Gasteiger partial charge in [-0.25, -0.2) is 4.79 Å². The van der Waals surface area contributed by atoms with Crippen LogP contribution in [0.25, 0.3) is 0 Å². The highest BCUT2D eigenvalue weighted by molar-refractivity contribution is 5.92. The minimum absolute atomic E-state index is 0.0515. The Morgan fingerprint density at radius 3 is 2.04 bits per heavy atom. The van der Waals surface area contributed by atoms with Crippen molar-refractivity contribution in [3.05, 3.63) is 0 Å². The van der Waals surface area contributed by atoms with Gasteiger partial charge in [0, 0.05) is 5.41 Å². The van der Waals surface area contributed by atoms with Crippen molar-refractivity contribution in [2.45, 2.75) is 83.1 Å². The molecule has 0 saturated heterocycles. The van der Waals surface area contributed by atoms with Crippen LogP contribution in [0.15, 0.2) is 0 Å². The number of esters is 1. The molecule has 0 aromatic heterocycles. The molecule has 0 atom stereocenters. The van der Waals surface area contributed by atoms with Crippen LogP contribution in [0.5, 0.6) is 0 Å². The van der Waals surface area contributed by atoms with Gasteiger partial charge in [-0.2, -0.15) is 0 Å². The van der Waals surface area contributed by atoms with Crippen LogP contribution < -0.4 is 10.6 Å². The molecule has 4 bridgehead atoms. The van der Waals surface area contributed by atoms with E-state index < -0.39 is 5.54 Å². The van der Waals surface area contributed by atoms with Crippen LogP contribution >= 0.6 is 0 Å². The van der Waals surface area contributed by atoms with Crippen LogP contribution in [0.4, 0.5) is 0 Å². The van der Waals surface area contributed by atoms with Crippen molar-refractivity contribution in [3.63, 3.8) is 0 Å². The molecule has 156 valence electrons. The molecule has 0 aliphatic heterocycles. The molecule has 2 amide bonds. The first kappa shape index (κ1) is 19.7. The minimum atomic E-state index is -0.920. The fourth-order valence-electron chi connectivity index (χ4n) is 6.85. The number of carbonyl (C=O) groups excluding carboxylic acids is 3. The lowest BCUT2D eigenvalue weighted by atomic mass is 9.49. The van der Waals surface area contributed by atoms with Gasteiger partial charge in [-0.3, -0.25) is 9.59 Å². The van der Waals surface area contributed by atoms with Crippen LogP contribution in [-0.2, 0) is 19.1 Å². The van der Waals surface area contributed by atoms with Gasteiger partial charge in [-0.1, -0.05) is 19.3 Å². The summed E-state index contributed by atoms with van der Waals surface area (Å²) >= 11 is 0. The van der Waals surface area contributed by atoms with Crippen molar-refractivity contribution >= 4 is 17.8 Å². The number of amides is 2. The fraction of sp³-hybridized carbons (Fsp3) is 0.864. The number of hydrogen-bond donors (Lipinski definition) is 2. The largest absolute Gasteiger partial charge is 0.464 e. The van der Waals surface area contributed by atoms with Crippen molar-refractivity contribution in [2.24, 2.45) is 23.2 Å². The van der Waals surface area contributed by atoms with Gasteiger partial charge in [0.15, 0.2) is 0 Å². The van der Waals surface area contributed by atoms with Crippen LogP contribution in [0.1, 0.15) is 77.6 Å². The van der Waals surface area contributed by atoms with Crippen molar-refractivity contribution in [1.82, 2.24) is 10.6 Å². The second-order valence-corrected chi connectivity index (χ2v) is 9.79. The molecule has 5 saturated carbocycles. The van der Waals surface area contributed by atoms with E-state index >= 15 is 0 Å². The maximum Gasteiger partial charge on any atom is 0.331 e. The summed E-state index contributed by atoms with van der Waals surface area (Å²) < 4.78 is 5.23. The molecular weight excluding hydrogens is 356 g/mol. The zero-order valence-electron chi connectivity index (χ0n) is 17.1. The third-order valence-electron chi connectivity index (χ3n) is 7.68. The second kappa shape index (κ2) is 7.68. The molecule has 0 heterocycles. The number of nitrogens with one attached hydrogen (secondary N) is 2. The summed E-state index contributed by atoms with van der Waals surface area (Å²) in [6.45, 7) is 2.03. The molecule has 6 nitrogen and oxygen atoms in total. The van der Waals surface area contributed by atoms with Crippen LogP contribution in [0.2, 0.25) is 0 Å². The molecule has 5 aliphatic rings. The molecular formula is C22H34N2O4. The first-order valence-electron chi connectivity index (χ1n) is 11.2. The molecule has 28 heavy (non-hydrogen) atoms. The van der Waals surface area contributed by atoms with Gasteiger partial charge in [-0.15, -0.1) is 0 Å². The molecule has 0 aromatic carbocycles. The molecule has 5 fully saturated rings. The van der Waals surface area contributed by atoms with Crippen molar-refractivity contribution in [2.75, 3.05) is 13.2 Å². The number of ether oxygens (including phenoxy) is 1. The summed E-state index contributed by atoms with van der Waals surface area (Å²) in [4.78, 5) is 38.1.